The predicted molar refractivity (Wildman–Crippen MR) is 121 cm³/mol. The maximum Gasteiger partial charge on any atom is 0.132 e. The standard InChI is InChI=1S/C24H23FN6O/c1-15-18(6-7-29-30-15)23(26)16-2-5-21(25)20(12-16)24-19-4-3-17(13-22(19)27-14-28-24)31-8-10-32-11-9-31/h2-7,12-14,23H,8-11,26H2,1H3. The molecule has 4 aromatic rings. The molecule has 7 nitrogen and oxygen atoms in total. The number of nitrogens with zero attached hydrogens (tertiary/aromatic N) is 5. The maximum atomic E-state index is 15.0. The topological polar surface area (TPSA) is 90.0 Å². The van der Waals surface area contributed by atoms with Gasteiger partial charge in [-0.25, -0.2) is 14.4 Å². The highest BCUT2D eigenvalue weighted by Gasteiger charge is 2.18. The Morgan fingerprint density at radius 3 is 2.72 bits per heavy atom. The highest BCUT2D eigenvalue weighted by atomic mass is 19.1. The molecule has 162 valence electrons. The summed E-state index contributed by atoms with van der Waals surface area (Å²) in [5.74, 6) is -0.359. The summed E-state index contributed by atoms with van der Waals surface area (Å²) in [4.78, 5) is 11.1. The molecule has 5 rings (SSSR count). The Morgan fingerprint density at radius 1 is 1.06 bits per heavy atom. The van der Waals surface area contributed by atoms with Crippen LogP contribution in [0.1, 0.15) is 22.9 Å². The number of nitrogens with two attached hydrogens (primary N) is 1. The number of hydrogen-bond acceptors (Lipinski definition) is 7. The van der Waals surface area contributed by atoms with Crippen molar-refractivity contribution in [3.8, 4) is 11.3 Å². The first-order chi connectivity index (χ1) is 15.6. The highest BCUT2D eigenvalue weighted by molar-refractivity contribution is 5.94. The number of rotatable bonds is 4. The summed E-state index contributed by atoms with van der Waals surface area (Å²) in [5.41, 5.74) is 11.6. The van der Waals surface area contributed by atoms with Gasteiger partial charge in [-0.2, -0.15) is 10.2 Å². The number of aryl methyl sites for hydroxylation is 1. The van der Waals surface area contributed by atoms with Crippen molar-refractivity contribution in [2.45, 2.75) is 13.0 Å². The third-order valence-corrected chi connectivity index (χ3v) is 5.88. The van der Waals surface area contributed by atoms with E-state index < -0.39 is 6.04 Å². The molecule has 1 atom stereocenters. The third kappa shape index (κ3) is 3.79. The van der Waals surface area contributed by atoms with Crippen LogP contribution in [0.15, 0.2) is 55.0 Å². The fourth-order valence-electron chi connectivity index (χ4n) is 4.12. The Morgan fingerprint density at radius 2 is 1.91 bits per heavy atom. The number of hydrogen-bond donors (Lipinski definition) is 1. The summed E-state index contributed by atoms with van der Waals surface area (Å²) >= 11 is 0. The first-order valence-electron chi connectivity index (χ1n) is 10.5. The van der Waals surface area contributed by atoms with Crippen molar-refractivity contribution < 1.29 is 9.13 Å². The lowest BCUT2D eigenvalue weighted by molar-refractivity contribution is 0.122. The van der Waals surface area contributed by atoms with Crippen LogP contribution in [0.5, 0.6) is 0 Å². The molecule has 2 aromatic carbocycles. The van der Waals surface area contributed by atoms with Gasteiger partial charge in [-0.1, -0.05) is 6.07 Å². The van der Waals surface area contributed by atoms with E-state index in [0.29, 0.717) is 24.5 Å². The number of morpholine rings is 1. The van der Waals surface area contributed by atoms with Crippen molar-refractivity contribution in [1.29, 1.82) is 0 Å². The van der Waals surface area contributed by atoms with Gasteiger partial charge in [0.25, 0.3) is 0 Å². The molecule has 2 aromatic heterocycles. The zero-order chi connectivity index (χ0) is 22.1. The molecular formula is C24H23FN6O. The van der Waals surface area contributed by atoms with Gasteiger partial charge < -0.3 is 15.4 Å². The van der Waals surface area contributed by atoms with Crippen LogP contribution < -0.4 is 10.6 Å². The first kappa shape index (κ1) is 20.4. The number of anilines is 1. The lowest BCUT2D eigenvalue weighted by Crippen LogP contribution is -2.36. The van der Waals surface area contributed by atoms with E-state index in [1.54, 1.807) is 18.3 Å². The molecule has 1 aliphatic rings. The number of ether oxygens (including phenoxy) is 1. The second kappa shape index (κ2) is 8.57. The van der Waals surface area contributed by atoms with E-state index in [1.807, 2.05) is 31.2 Å². The quantitative estimate of drug-likeness (QED) is 0.531. The molecule has 0 bridgehead atoms. The number of fused-ring (bicyclic) bond motifs is 1. The molecule has 32 heavy (non-hydrogen) atoms. The lowest BCUT2D eigenvalue weighted by atomic mass is 9.95. The van der Waals surface area contributed by atoms with Gasteiger partial charge in [0.1, 0.15) is 12.1 Å². The Balaban J connectivity index is 1.56. The van der Waals surface area contributed by atoms with Crippen LogP contribution in [0.4, 0.5) is 10.1 Å². The Hall–Kier alpha value is -3.49. The maximum absolute atomic E-state index is 15.0. The van der Waals surface area contributed by atoms with Crippen molar-refractivity contribution in [2.24, 2.45) is 5.73 Å². The predicted octanol–water partition coefficient (Wildman–Crippen LogP) is 3.42. The van der Waals surface area contributed by atoms with E-state index in [0.717, 1.165) is 46.5 Å². The summed E-state index contributed by atoms with van der Waals surface area (Å²) in [7, 11) is 0. The average molecular weight is 430 g/mol. The van der Waals surface area contributed by atoms with Gasteiger partial charge in [0, 0.05) is 35.9 Å². The van der Waals surface area contributed by atoms with Crippen molar-refractivity contribution in [3.05, 3.63) is 77.6 Å². The fraction of sp³-hybridized carbons (Fsp3) is 0.250. The monoisotopic (exact) mass is 430 g/mol. The van der Waals surface area contributed by atoms with Crippen molar-refractivity contribution in [3.63, 3.8) is 0 Å². The van der Waals surface area contributed by atoms with Gasteiger partial charge in [0.2, 0.25) is 0 Å². The van der Waals surface area contributed by atoms with Crippen LogP contribution in [-0.4, -0.2) is 46.5 Å². The van der Waals surface area contributed by atoms with Gasteiger partial charge in [-0.3, -0.25) is 0 Å². The van der Waals surface area contributed by atoms with E-state index >= 15 is 0 Å². The molecule has 1 saturated heterocycles. The highest BCUT2D eigenvalue weighted by Crippen LogP contribution is 2.32. The van der Waals surface area contributed by atoms with Gasteiger partial charge in [-0.15, -0.1) is 0 Å². The SMILES string of the molecule is Cc1nnccc1C(N)c1ccc(F)c(-c2ncnc3cc(N4CCOCC4)ccc23)c1. The second-order valence-electron chi connectivity index (χ2n) is 7.81. The molecular weight excluding hydrogens is 407 g/mol. The van der Waals surface area contributed by atoms with Crippen LogP contribution in [0.25, 0.3) is 22.2 Å². The molecule has 0 amide bonds. The summed E-state index contributed by atoms with van der Waals surface area (Å²) in [6.45, 7) is 4.94. The van der Waals surface area contributed by atoms with Gasteiger partial charge >= 0.3 is 0 Å². The molecule has 2 N–H and O–H groups in total. The summed E-state index contributed by atoms with van der Waals surface area (Å²) < 4.78 is 20.4. The van der Waals surface area contributed by atoms with Crippen LogP contribution in [0, 0.1) is 12.7 Å². The minimum Gasteiger partial charge on any atom is -0.378 e. The Labute approximate surface area is 185 Å². The molecule has 0 saturated carbocycles. The number of halogens is 1. The molecule has 0 aliphatic carbocycles. The fourth-order valence-corrected chi connectivity index (χ4v) is 4.12. The van der Waals surface area contributed by atoms with E-state index in [1.165, 1.54) is 12.4 Å². The van der Waals surface area contributed by atoms with E-state index in [9.17, 15) is 4.39 Å². The van der Waals surface area contributed by atoms with Gasteiger partial charge in [-0.05, 0) is 54.4 Å². The number of benzene rings is 2. The molecule has 1 fully saturated rings. The van der Waals surface area contributed by atoms with Crippen molar-refractivity contribution in [2.75, 3.05) is 31.2 Å². The van der Waals surface area contributed by atoms with E-state index in [-0.39, 0.29) is 5.82 Å². The summed E-state index contributed by atoms with van der Waals surface area (Å²) in [5, 5.41) is 8.75. The summed E-state index contributed by atoms with van der Waals surface area (Å²) in [6.07, 6.45) is 3.08. The average Bonchev–Trinajstić information content (AvgIpc) is 2.84. The van der Waals surface area contributed by atoms with Crippen molar-refractivity contribution >= 4 is 16.6 Å². The Bertz CT molecular complexity index is 1270. The normalized spacial score (nSPS) is 15.2. The molecule has 1 unspecified atom stereocenters. The van der Waals surface area contributed by atoms with Crippen molar-refractivity contribution in [1.82, 2.24) is 20.2 Å². The van der Waals surface area contributed by atoms with E-state index in [2.05, 4.69) is 25.1 Å². The van der Waals surface area contributed by atoms with Crippen LogP contribution in [0.2, 0.25) is 0 Å². The van der Waals surface area contributed by atoms with Crippen LogP contribution in [0.3, 0.4) is 0 Å². The number of aromatic nitrogens is 4. The first-order valence-corrected chi connectivity index (χ1v) is 10.5. The minimum atomic E-state index is -0.453. The smallest absolute Gasteiger partial charge is 0.132 e. The molecule has 0 spiro atoms. The van der Waals surface area contributed by atoms with E-state index in [4.69, 9.17) is 10.5 Å². The molecule has 1 aliphatic heterocycles. The molecule has 8 heteroatoms. The zero-order valence-electron chi connectivity index (χ0n) is 17.7. The second-order valence-corrected chi connectivity index (χ2v) is 7.81. The van der Waals surface area contributed by atoms with Crippen LogP contribution >= 0.6 is 0 Å². The third-order valence-electron chi connectivity index (χ3n) is 5.88. The largest absolute Gasteiger partial charge is 0.378 e. The van der Waals surface area contributed by atoms with Crippen LogP contribution in [-0.2, 0) is 4.74 Å². The van der Waals surface area contributed by atoms with Gasteiger partial charge in [0.15, 0.2) is 0 Å². The van der Waals surface area contributed by atoms with Gasteiger partial charge in [0.05, 0.1) is 36.2 Å². The minimum absolute atomic E-state index is 0.359. The summed E-state index contributed by atoms with van der Waals surface area (Å²) in [6, 6.07) is 12.3. The molecule has 3 heterocycles. The molecule has 0 radical (unpaired) electrons. The lowest BCUT2D eigenvalue weighted by Gasteiger charge is -2.29. The Kier molecular flexibility index (Phi) is 5.46. The zero-order valence-corrected chi connectivity index (χ0v) is 17.7.